The van der Waals surface area contributed by atoms with E-state index >= 15 is 0 Å². The molecule has 5 nitrogen and oxygen atoms in total. The van der Waals surface area contributed by atoms with E-state index in [1.165, 1.54) is 0 Å². The van der Waals surface area contributed by atoms with E-state index in [0.29, 0.717) is 6.42 Å². The van der Waals surface area contributed by atoms with Crippen LogP contribution in [-0.4, -0.2) is 33.6 Å². The highest BCUT2D eigenvalue weighted by molar-refractivity contribution is 6.06. The summed E-state index contributed by atoms with van der Waals surface area (Å²) >= 11 is 0. The van der Waals surface area contributed by atoms with Gasteiger partial charge in [0.05, 0.1) is 17.9 Å². The van der Waals surface area contributed by atoms with Crippen LogP contribution in [0.25, 0.3) is 0 Å². The van der Waals surface area contributed by atoms with Crippen LogP contribution in [0.4, 0.5) is 4.79 Å². The van der Waals surface area contributed by atoms with E-state index in [9.17, 15) is 14.7 Å². The fourth-order valence-corrected chi connectivity index (χ4v) is 3.14. The average molecular weight is 317 g/mol. The predicted octanol–water partition coefficient (Wildman–Crippen LogP) is 3.65. The number of imide groups is 1. The van der Waals surface area contributed by atoms with Crippen LogP contribution in [0, 0.1) is 5.92 Å². The molecule has 0 bridgehead atoms. The number of ether oxygens (including phenoxy) is 1. The van der Waals surface area contributed by atoms with E-state index in [-0.39, 0.29) is 17.5 Å². The average Bonchev–Trinajstić information content (AvgIpc) is 2.88. The lowest BCUT2D eigenvalue weighted by molar-refractivity contribution is -0.125. The zero-order valence-corrected chi connectivity index (χ0v) is 14.0. The first kappa shape index (κ1) is 17.1. The number of allylic oxidation sites excluding steroid dienone is 3. The zero-order valence-electron chi connectivity index (χ0n) is 14.0. The molecule has 1 aliphatic carbocycles. The molecule has 0 spiro atoms. The summed E-state index contributed by atoms with van der Waals surface area (Å²) in [5, 5.41) is 9.48. The molecule has 0 aromatic rings. The van der Waals surface area contributed by atoms with Crippen LogP contribution in [0.3, 0.4) is 0 Å². The minimum atomic E-state index is -0.689. The minimum Gasteiger partial charge on any atom is -0.515 e. The maximum atomic E-state index is 12.5. The lowest BCUT2D eigenvalue weighted by Crippen LogP contribution is -2.42. The highest BCUT2D eigenvalue weighted by Crippen LogP contribution is 2.46. The third-order valence-corrected chi connectivity index (χ3v) is 4.08. The van der Waals surface area contributed by atoms with Gasteiger partial charge in [-0.2, -0.15) is 0 Å². The summed E-state index contributed by atoms with van der Waals surface area (Å²) < 4.78 is 5.35. The Balaban J connectivity index is 2.36. The van der Waals surface area contributed by atoms with Gasteiger partial charge in [0.15, 0.2) is 0 Å². The number of carbonyl (C=O) groups excluding carboxylic acids is 2. The molecule has 1 heterocycles. The molecule has 0 aromatic carbocycles. The topological polar surface area (TPSA) is 66.8 Å². The van der Waals surface area contributed by atoms with Crippen molar-refractivity contribution in [1.82, 2.24) is 4.90 Å². The Morgan fingerprint density at radius 2 is 2.09 bits per heavy atom. The second-order valence-electron chi connectivity index (χ2n) is 6.79. The van der Waals surface area contributed by atoms with Crippen LogP contribution in [0.5, 0.6) is 0 Å². The number of hydrogen-bond donors (Lipinski definition) is 1. The number of aliphatic hydroxyl groups is 1. The smallest absolute Gasteiger partial charge is 0.417 e. The van der Waals surface area contributed by atoms with Crippen LogP contribution < -0.4 is 0 Å². The zero-order chi connectivity index (χ0) is 17.4. The van der Waals surface area contributed by atoms with E-state index in [1.54, 1.807) is 26.8 Å². The molecule has 1 aliphatic heterocycles. The Labute approximate surface area is 136 Å². The predicted molar refractivity (Wildman–Crippen MR) is 87.7 cm³/mol. The summed E-state index contributed by atoms with van der Waals surface area (Å²) in [6.45, 7) is 10.8. The normalized spacial score (nSPS) is 26.3. The van der Waals surface area contributed by atoms with Gasteiger partial charge in [-0.05, 0) is 39.7 Å². The Kier molecular flexibility index (Phi) is 4.50. The van der Waals surface area contributed by atoms with Crippen LogP contribution in [-0.2, 0) is 9.53 Å². The van der Waals surface area contributed by atoms with Gasteiger partial charge in [0.2, 0.25) is 0 Å². The SMILES string of the molecule is C=C/C=C\C1=C(C)C2/C(=C\O)C(=O)N(C(=O)OC(C)(C)C)C2C1. The van der Waals surface area contributed by atoms with Crippen molar-refractivity contribution in [1.29, 1.82) is 0 Å². The van der Waals surface area contributed by atoms with Crippen molar-refractivity contribution in [3.8, 4) is 0 Å². The van der Waals surface area contributed by atoms with Crippen molar-refractivity contribution >= 4 is 12.0 Å². The summed E-state index contributed by atoms with van der Waals surface area (Å²) in [6.07, 6.45) is 6.11. The Morgan fingerprint density at radius 1 is 1.43 bits per heavy atom. The fourth-order valence-electron chi connectivity index (χ4n) is 3.14. The number of fused-ring (bicyclic) bond motifs is 1. The number of likely N-dealkylation sites (tertiary alicyclic amines) is 1. The lowest BCUT2D eigenvalue weighted by atomic mass is 9.94. The number of hydrogen-bond acceptors (Lipinski definition) is 4. The first-order valence-electron chi connectivity index (χ1n) is 7.60. The third-order valence-electron chi connectivity index (χ3n) is 4.08. The second-order valence-corrected chi connectivity index (χ2v) is 6.79. The van der Waals surface area contributed by atoms with E-state index in [2.05, 4.69) is 6.58 Å². The van der Waals surface area contributed by atoms with Crippen molar-refractivity contribution in [3.63, 3.8) is 0 Å². The molecular formula is C18H23NO4. The first-order valence-corrected chi connectivity index (χ1v) is 7.60. The Morgan fingerprint density at radius 3 is 2.61 bits per heavy atom. The highest BCUT2D eigenvalue weighted by Gasteiger charge is 2.52. The van der Waals surface area contributed by atoms with Crippen molar-refractivity contribution in [2.45, 2.75) is 45.8 Å². The maximum absolute atomic E-state index is 12.5. The lowest BCUT2D eigenvalue weighted by Gasteiger charge is -2.26. The van der Waals surface area contributed by atoms with E-state index in [4.69, 9.17) is 4.74 Å². The second kappa shape index (κ2) is 6.07. The molecule has 0 aromatic heterocycles. The molecule has 2 amide bonds. The number of amides is 2. The number of nitrogens with zero attached hydrogens (tertiary/aromatic N) is 1. The van der Waals surface area contributed by atoms with E-state index in [0.717, 1.165) is 22.3 Å². The molecule has 0 radical (unpaired) electrons. The van der Waals surface area contributed by atoms with Gasteiger partial charge < -0.3 is 9.84 Å². The first-order chi connectivity index (χ1) is 10.7. The van der Waals surface area contributed by atoms with E-state index in [1.807, 2.05) is 19.1 Å². The van der Waals surface area contributed by atoms with Crippen LogP contribution >= 0.6 is 0 Å². The quantitative estimate of drug-likeness (QED) is 0.479. The van der Waals surface area contributed by atoms with Crippen LogP contribution in [0.1, 0.15) is 34.1 Å². The molecule has 5 heteroatoms. The van der Waals surface area contributed by atoms with Gasteiger partial charge in [0, 0.05) is 5.92 Å². The summed E-state index contributed by atoms with van der Waals surface area (Å²) in [5.41, 5.74) is 1.57. The summed E-state index contributed by atoms with van der Waals surface area (Å²) in [6, 6.07) is -0.347. The van der Waals surface area contributed by atoms with Gasteiger partial charge >= 0.3 is 6.09 Å². The maximum Gasteiger partial charge on any atom is 0.417 e. The molecule has 124 valence electrons. The Hall–Kier alpha value is -2.30. The van der Waals surface area contributed by atoms with Gasteiger partial charge in [0.25, 0.3) is 5.91 Å². The van der Waals surface area contributed by atoms with Crippen molar-refractivity contribution < 1.29 is 19.4 Å². The van der Waals surface area contributed by atoms with E-state index < -0.39 is 17.6 Å². The van der Waals surface area contributed by atoms with Gasteiger partial charge in [0.1, 0.15) is 5.60 Å². The third kappa shape index (κ3) is 3.09. The number of aliphatic hydroxyl groups excluding tert-OH is 1. The molecule has 2 unspecified atom stereocenters. The molecule has 2 rings (SSSR count). The Bertz CT molecular complexity index is 634. The summed E-state index contributed by atoms with van der Waals surface area (Å²) in [5.74, 6) is -0.771. The van der Waals surface area contributed by atoms with Crippen LogP contribution in [0.15, 0.2) is 47.8 Å². The molecular weight excluding hydrogens is 294 g/mol. The largest absolute Gasteiger partial charge is 0.515 e. The molecule has 1 N–H and O–H groups in total. The van der Waals surface area contributed by atoms with Crippen molar-refractivity contribution in [2.24, 2.45) is 5.92 Å². The van der Waals surface area contributed by atoms with Gasteiger partial charge in [-0.1, -0.05) is 30.4 Å². The molecule has 2 aliphatic rings. The standard InChI is InChI=1S/C18H23NO4/c1-6-7-8-12-9-14-15(11(12)2)13(10-20)16(21)19(14)17(22)23-18(3,4)5/h6-8,10,14-15,20H,1,9H2,2-5H3/b8-7-,13-10+. The molecule has 2 atom stereocenters. The molecule has 1 fully saturated rings. The van der Waals surface area contributed by atoms with Crippen molar-refractivity contribution in [2.75, 3.05) is 0 Å². The molecule has 1 saturated heterocycles. The molecule has 23 heavy (non-hydrogen) atoms. The summed E-state index contributed by atoms with van der Waals surface area (Å²) in [7, 11) is 0. The molecule has 0 saturated carbocycles. The van der Waals surface area contributed by atoms with Crippen molar-refractivity contribution in [3.05, 3.63) is 47.8 Å². The number of rotatable bonds is 2. The fraction of sp³-hybridized carbons (Fsp3) is 0.444. The van der Waals surface area contributed by atoms with Gasteiger partial charge in [-0.3, -0.25) is 4.79 Å². The highest BCUT2D eigenvalue weighted by atomic mass is 16.6. The van der Waals surface area contributed by atoms with Gasteiger partial charge in [-0.25, -0.2) is 9.69 Å². The van der Waals surface area contributed by atoms with Crippen LogP contribution in [0.2, 0.25) is 0 Å². The monoisotopic (exact) mass is 317 g/mol. The number of carbonyl (C=O) groups is 2. The van der Waals surface area contributed by atoms with Gasteiger partial charge in [-0.15, -0.1) is 0 Å². The summed E-state index contributed by atoms with van der Waals surface area (Å²) in [4.78, 5) is 26.0. The minimum absolute atomic E-state index is 0.236.